The van der Waals surface area contributed by atoms with Crippen LogP contribution in [-0.2, 0) is 6.54 Å². The van der Waals surface area contributed by atoms with Crippen molar-refractivity contribution in [1.82, 2.24) is 9.55 Å². The summed E-state index contributed by atoms with van der Waals surface area (Å²) in [6.07, 6.45) is 3.85. The van der Waals surface area contributed by atoms with Gasteiger partial charge in [0.25, 0.3) is 0 Å². The minimum absolute atomic E-state index is 0.0753. The van der Waals surface area contributed by atoms with Crippen molar-refractivity contribution in [2.75, 3.05) is 0 Å². The normalized spacial score (nSPS) is 14.9. The van der Waals surface area contributed by atoms with Crippen LogP contribution >= 0.6 is 0 Å². The maximum absolute atomic E-state index is 8.93. The number of fused-ring (bicyclic) bond motifs is 4. The first-order valence-corrected chi connectivity index (χ1v) is 10.2. The third kappa shape index (κ3) is 2.92. The molecule has 1 atom stereocenters. The molecule has 4 nitrogen and oxygen atoms in total. The molecule has 0 saturated heterocycles. The van der Waals surface area contributed by atoms with E-state index in [1.807, 2.05) is 22.8 Å². The summed E-state index contributed by atoms with van der Waals surface area (Å²) in [5, 5.41) is 11.1. The Morgan fingerprint density at radius 3 is 2.62 bits per heavy atom. The third-order valence-electron chi connectivity index (χ3n) is 5.68. The molecule has 4 heteroatoms. The maximum Gasteiger partial charge on any atom is 0.228 e. The zero-order chi connectivity index (χ0) is 19.8. The van der Waals surface area contributed by atoms with Crippen molar-refractivity contribution < 1.29 is 4.74 Å². The average Bonchev–Trinajstić information content (AvgIpc) is 2.78. The van der Waals surface area contributed by atoms with E-state index in [0.29, 0.717) is 11.4 Å². The molecule has 5 rings (SSSR count). The molecular formula is C25H23N3O. The fourth-order valence-electron chi connectivity index (χ4n) is 4.19. The summed E-state index contributed by atoms with van der Waals surface area (Å²) in [5.41, 5.74) is 3.57. The van der Waals surface area contributed by atoms with Gasteiger partial charge in [0.2, 0.25) is 5.88 Å². The predicted molar refractivity (Wildman–Crippen MR) is 114 cm³/mol. The topological polar surface area (TPSA) is 50.9 Å². The molecule has 0 fully saturated rings. The monoisotopic (exact) mass is 381 g/mol. The van der Waals surface area contributed by atoms with Gasteiger partial charge < -0.3 is 9.30 Å². The molecule has 0 aliphatic carbocycles. The number of hydrogen-bond acceptors (Lipinski definition) is 3. The summed E-state index contributed by atoms with van der Waals surface area (Å²) in [5.74, 6) is 1.32. The van der Waals surface area contributed by atoms with Crippen molar-refractivity contribution >= 4 is 10.8 Å². The molecule has 0 spiro atoms. The Morgan fingerprint density at radius 1 is 1.00 bits per heavy atom. The lowest BCUT2D eigenvalue weighted by Gasteiger charge is -2.29. The number of nitrogens with one attached hydrogen (secondary N) is 1. The average molecular weight is 381 g/mol. The predicted octanol–water partition coefficient (Wildman–Crippen LogP) is 5.60. The van der Waals surface area contributed by atoms with E-state index in [-0.39, 0.29) is 5.92 Å². The van der Waals surface area contributed by atoms with E-state index in [1.165, 1.54) is 0 Å². The van der Waals surface area contributed by atoms with Crippen LogP contribution in [0.2, 0.25) is 0 Å². The smallest absolute Gasteiger partial charge is 0.228 e. The lowest BCUT2D eigenvalue weighted by Crippen LogP contribution is -2.30. The highest BCUT2D eigenvalue weighted by Crippen LogP contribution is 2.47. The van der Waals surface area contributed by atoms with E-state index in [0.717, 1.165) is 52.6 Å². The number of benzene rings is 3. The van der Waals surface area contributed by atoms with Crippen molar-refractivity contribution in [2.24, 2.45) is 0 Å². The quantitative estimate of drug-likeness (QED) is 0.440. The van der Waals surface area contributed by atoms with Crippen LogP contribution in [0, 0.1) is 5.41 Å². The molecular weight excluding hydrogens is 358 g/mol. The second kappa shape index (κ2) is 7.21. The first-order valence-electron chi connectivity index (χ1n) is 10.2. The van der Waals surface area contributed by atoms with Gasteiger partial charge in [-0.05, 0) is 17.4 Å². The van der Waals surface area contributed by atoms with E-state index in [4.69, 9.17) is 10.1 Å². The number of aromatic nitrogens is 2. The van der Waals surface area contributed by atoms with Gasteiger partial charge in [0.05, 0.1) is 5.56 Å². The number of aryl methyl sites for hydroxylation is 1. The lowest BCUT2D eigenvalue weighted by atomic mass is 9.83. The Morgan fingerprint density at radius 2 is 1.79 bits per heavy atom. The van der Waals surface area contributed by atoms with Crippen LogP contribution in [0.1, 0.15) is 42.4 Å². The summed E-state index contributed by atoms with van der Waals surface area (Å²) in [4.78, 5) is 4.64. The minimum Gasteiger partial charge on any atom is -0.438 e. The fraction of sp³-hybridized carbons (Fsp3) is 0.200. The molecule has 1 N–H and O–H groups in total. The largest absolute Gasteiger partial charge is 0.438 e. The fourth-order valence-corrected chi connectivity index (χ4v) is 4.19. The van der Waals surface area contributed by atoms with Crippen LogP contribution in [0.15, 0.2) is 73.1 Å². The Kier molecular flexibility index (Phi) is 4.39. The Labute approximate surface area is 169 Å². The number of unbranched alkanes of at least 4 members (excludes halogenated alkanes) is 1. The molecule has 4 aromatic rings. The highest BCUT2D eigenvalue weighted by atomic mass is 16.5. The maximum atomic E-state index is 8.93. The van der Waals surface area contributed by atoms with Crippen LogP contribution in [0.5, 0.6) is 11.6 Å². The summed E-state index contributed by atoms with van der Waals surface area (Å²) in [6, 6.07) is 22.9. The second-order valence-electron chi connectivity index (χ2n) is 7.51. The van der Waals surface area contributed by atoms with Crippen molar-refractivity contribution in [3.8, 4) is 11.6 Å². The summed E-state index contributed by atoms with van der Waals surface area (Å²) in [7, 11) is 0. The van der Waals surface area contributed by atoms with Gasteiger partial charge in [-0.1, -0.05) is 80.1 Å². The molecule has 0 amide bonds. The summed E-state index contributed by atoms with van der Waals surface area (Å²) in [6.45, 7) is 2.95. The van der Waals surface area contributed by atoms with E-state index in [9.17, 15) is 0 Å². The van der Waals surface area contributed by atoms with Crippen molar-refractivity contribution in [2.45, 2.75) is 32.2 Å². The SMILES string of the molecule is CCCCn1cnc2c(c1=N)[C@H](c1ccccc1)c1ccc3ccccc3c1O2. The molecule has 0 bridgehead atoms. The highest BCUT2D eigenvalue weighted by Gasteiger charge is 2.32. The van der Waals surface area contributed by atoms with Gasteiger partial charge in [0.15, 0.2) is 0 Å². The van der Waals surface area contributed by atoms with Gasteiger partial charge in [-0.3, -0.25) is 5.41 Å². The lowest BCUT2D eigenvalue weighted by molar-refractivity contribution is 0.425. The highest BCUT2D eigenvalue weighted by molar-refractivity contribution is 5.91. The molecule has 144 valence electrons. The van der Waals surface area contributed by atoms with Gasteiger partial charge >= 0.3 is 0 Å². The molecule has 1 aliphatic heterocycles. The van der Waals surface area contributed by atoms with E-state index in [2.05, 4.69) is 60.4 Å². The number of rotatable bonds is 4. The molecule has 0 radical (unpaired) electrons. The van der Waals surface area contributed by atoms with Gasteiger partial charge in [-0.2, -0.15) is 0 Å². The van der Waals surface area contributed by atoms with Crippen molar-refractivity contribution in [3.05, 3.63) is 95.2 Å². The number of hydrogen-bond donors (Lipinski definition) is 1. The standard InChI is InChI=1S/C25H23N3O/c1-2-3-15-28-16-27-25-22(24(28)26)21(18-10-5-4-6-11-18)20-14-13-17-9-7-8-12-19(17)23(20)29-25/h4-14,16,21,26H,2-3,15H2,1H3/t21-/m1/s1. The van der Waals surface area contributed by atoms with Crippen LogP contribution in [0.4, 0.5) is 0 Å². The van der Waals surface area contributed by atoms with Crippen LogP contribution in [0.25, 0.3) is 10.8 Å². The van der Waals surface area contributed by atoms with Gasteiger partial charge in [0, 0.05) is 23.4 Å². The van der Waals surface area contributed by atoms with E-state index >= 15 is 0 Å². The van der Waals surface area contributed by atoms with Crippen LogP contribution in [-0.4, -0.2) is 9.55 Å². The Bertz CT molecular complexity index is 1240. The molecule has 3 aromatic carbocycles. The second-order valence-corrected chi connectivity index (χ2v) is 7.51. The van der Waals surface area contributed by atoms with E-state index < -0.39 is 0 Å². The Balaban J connectivity index is 1.78. The first-order chi connectivity index (χ1) is 14.3. The van der Waals surface area contributed by atoms with Crippen molar-refractivity contribution in [1.29, 1.82) is 5.41 Å². The van der Waals surface area contributed by atoms with E-state index in [1.54, 1.807) is 6.33 Å². The molecule has 1 aliphatic rings. The summed E-state index contributed by atoms with van der Waals surface area (Å²) >= 11 is 0. The molecule has 0 saturated carbocycles. The van der Waals surface area contributed by atoms with Gasteiger partial charge in [-0.25, -0.2) is 4.98 Å². The van der Waals surface area contributed by atoms with Crippen LogP contribution in [0.3, 0.4) is 0 Å². The zero-order valence-electron chi connectivity index (χ0n) is 16.4. The summed E-state index contributed by atoms with van der Waals surface area (Å²) < 4.78 is 8.28. The van der Waals surface area contributed by atoms with Crippen LogP contribution < -0.4 is 10.2 Å². The molecule has 29 heavy (non-hydrogen) atoms. The zero-order valence-corrected chi connectivity index (χ0v) is 16.4. The molecule has 2 heterocycles. The molecule has 1 aromatic heterocycles. The van der Waals surface area contributed by atoms with Crippen molar-refractivity contribution in [3.63, 3.8) is 0 Å². The third-order valence-corrected chi connectivity index (χ3v) is 5.68. The number of nitrogens with zero attached hydrogens (tertiary/aromatic N) is 2. The minimum atomic E-state index is -0.0753. The first kappa shape index (κ1) is 17.7. The van der Waals surface area contributed by atoms with Gasteiger partial charge in [-0.15, -0.1) is 0 Å². The Hall–Kier alpha value is -3.40. The number of ether oxygens (including phenoxy) is 1. The molecule has 0 unspecified atom stereocenters. The van der Waals surface area contributed by atoms with Gasteiger partial charge in [0.1, 0.15) is 17.6 Å².